The third-order valence-corrected chi connectivity index (χ3v) is 3.68. The van der Waals surface area contributed by atoms with Crippen LogP contribution in [0.15, 0.2) is 24.3 Å². The number of hydrogen-bond acceptors (Lipinski definition) is 3. The lowest BCUT2D eigenvalue weighted by atomic mass is 10.0. The summed E-state index contributed by atoms with van der Waals surface area (Å²) in [5.41, 5.74) is 1.29. The third kappa shape index (κ3) is 3.70. The molecule has 1 aliphatic heterocycles. The zero-order chi connectivity index (χ0) is 13.7. The normalized spacial score (nSPS) is 19.3. The summed E-state index contributed by atoms with van der Waals surface area (Å²) in [6.45, 7) is 4.28. The highest BCUT2D eigenvalue weighted by Crippen LogP contribution is 2.15. The largest absolute Gasteiger partial charge is 0.497 e. The number of aryl methyl sites for hydroxylation is 1. The molecule has 1 aromatic rings. The molecule has 1 fully saturated rings. The minimum absolute atomic E-state index is 0.182. The molecule has 0 bridgehead atoms. The van der Waals surface area contributed by atoms with Crippen molar-refractivity contribution in [2.24, 2.45) is 0 Å². The Morgan fingerprint density at radius 3 is 2.79 bits per heavy atom. The molecule has 4 nitrogen and oxygen atoms in total. The number of piperazine rings is 1. The van der Waals surface area contributed by atoms with Crippen LogP contribution in [0.1, 0.15) is 18.9 Å². The molecular weight excluding hydrogens is 240 g/mol. The molecule has 4 heteroatoms. The van der Waals surface area contributed by atoms with Gasteiger partial charge in [0.15, 0.2) is 0 Å². The summed E-state index contributed by atoms with van der Waals surface area (Å²) in [6.07, 6.45) is 1.99. The van der Waals surface area contributed by atoms with Crippen molar-refractivity contribution in [1.82, 2.24) is 10.2 Å². The predicted molar refractivity (Wildman–Crippen MR) is 75.4 cm³/mol. The number of rotatable bonds is 4. The number of benzene rings is 1. The maximum Gasteiger partial charge on any atom is 0.219 e. The van der Waals surface area contributed by atoms with Gasteiger partial charge in [0, 0.05) is 32.6 Å². The summed E-state index contributed by atoms with van der Waals surface area (Å²) in [7, 11) is 1.67. The number of carbonyl (C=O) groups is 1. The van der Waals surface area contributed by atoms with Crippen molar-refractivity contribution in [2.75, 3.05) is 26.7 Å². The lowest BCUT2D eigenvalue weighted by molar-refractivity contribution is -0.132. The van der Waals surface area contributed by atoms with Crippen LogP contribution in [0.5, 0.6) is 5.75 Å². The Balaban J connectivity index is 1.90. The van der Waals surface area contributed by atoms with E-state index in [0.29, 0.717) is 6.04 Å². The monoisotopic (exact) mass is 262 g/mol. The molecule has 1 amide bonds. The van der Waals surface area contributed by atoms with Crippen LogP contribution >= 0.6 is 0 Å². The second kappa shape index (κ2) is 6.57. The van der Waals surface area contributed by atoms with E-state index in [-0.39, 0.29) is 5.91 Å². The van der Waals surface area contributed by atoms with Crippen molar-refractivity contribution < 1.29 is 9.53 Å². The second-order valence-electron chi connectivity index (χ2n) is 4.96. The Bertz CT molecular complexity index is 417. The summed E-state index contributed by atoms with van der Waals surface area (Å²) in [6, 6.07) is 8.46. The Kier molecular flexibility index (Phi) is 4.80. The summed E-state index contributed by atoms with van der Waals surface area (Å²) in [5.74, 6) is 1.06. The fraction of sp³-hybridized carbons (Fsp3) is 0.533. The molecule has 0 saturated carbocycles. The summed E-state index contributed by atoms with van der Waals surface area (Å²) in [5, 5.41) is 3.36. The van der Waals surface area contributed by atoms with E-state index in [4.69, 9.17) is 4.74 Å². The van der Waals surface area contributed by atoms with Gasteiger partial charge >= 0.3 is 0 Å². The first-order valence-electron chi connectivity index (χ1n) is 6.81. The third-order valence-electron chi connectivity index (χ3n) is 3.68. The minimum Gasteiger partial charge on any atom is -0.497 e. The molecule has 0 spiro atoms. The summed E-state index contributed by atoms with van der Waals surface area (Å²) < 4.78 is 5.15. The van der Waals surface area contributed by atoms with Gasteiger partial charge in [0.05, 0.1) is 7.11 Å². The van der Waals surface area contributed by atoms with Gasteiger partial charge in [-0.3, -0.25) is 4.79 Å². The van der Waals surface area contributed by atoms with Gasteiger partial charge in [-0.25, -0.2) is 0 Å². The smallest absolute Gasteiger partial charge is 0.219 e. The molecule has 1 aliphatic rings. The average molecular weight is 262 g/mol. The number of methoxy groups -OCH3 is 1. The molecule has 0 aliphatic carbocycles. The average Bonchev–Trinajstić information content (AvgIpc) is 2.46. The van der Waals surface area contributed by atoms with Crippen LogP contribution < -0.4 is 10.1 Å². The minimum atomic E-state index is 0.182. The van der Waals surface area contributed by atoms with E-state index in [1.807, 2.05) is 17.0 Å². The lowest BCUT2D eigenvalue weighted by Gasteiger charge is -2.35. The number of nitrogens with one attached hydrogen (secondary N) is 1. The van der Waals surface area contributed by atoms with Crippen LogP contribution in [0.25, 0.3) is 0 Å². The Labute approximate surface area is 114 Å². The molecule has 0 aromatic heterocycles. The molecule has 0 radical (unpaired) electrons. The number of carbonyl (C=O) groups excluding carboxylic acids is 1. The van der Waals surface area contributed by atoms with E-state index in [1.165, 1.54) is 5.56 Å². The Morgan fingerprint density at radius 1 is 1.42 bits per heavy atom. The maximum absolute atomic E-state index is 11.6. The standard InChI is InChI=1S/C15H22N2O2/c1-12(18)17-10-9-16-11-14(17)6-3-13-4-7-15(19-2)8-5-13/h4-5,7-8,14,16H,3,6,9-11H2,1-2H3. The van der Waals surface area contributed by atoms with Crippen molar-refractivity contribution in [3.8, 4) is 5.75 Å². The second-order valence-corrected chi connectivity index (χ2v) is 4.96. The van der Waals surface area contributed by atoms with Gasteiger partial charge in [-0.05, 0) is 30.5 Å². The van der Waals surface area contributed by atoms with E-state index < -0.39 is 0 Å². The first-order valence-corrected chi connectivity index (χ1v) is 6.81. The van der Waals surface area contributed by atoms with Crippen LogP contribution in [0.4, 0.5) is 0 Å². The first kappa shape index (κ1) is 13.9. The molecule has 2 rings (SSSR count). The van der Waals surface area contributed by atoms with Crippen molar-refractivity contribution in [3.63, 3.8) is 0 Å². The SMILES string of the molecule is COc1ccc(CCC2CNCCN2C(C)=O)cc1. The van der Waals surface area contributed by atoms with Crippen molar-refractivity contribution >= 4 is 5.91 Å². The number of hydrogen-bond donors (Lipinski definition) is 1. The molecule has 1 saturated heterocycles. The Hall–Kier alpha value is -1.55. The molecule has 19 heavy (non-hydrogen) atoms. The highest BCUT2D eigenvalue weighted by Gasteiger charge is 2.23. The van der Waals surface area contributed by atoms with Crippen molar-refractivity contribution in [1.29, 1.82) is 0 Å². The van der Waals surface area contributed by atoms with Gasteiger partial charge in [-0.1, -0.05) is 12.1 Å². The highest BCUT2D eigenvalue weighted by atomic mass is 16.5. The molecule has 1 N–H and O–H groups in total. The van der Waals surface area contributed by atoms with Gasteiger partial charge in [-0.2, -0.15) is 0 Å². The molecule has 104 valence electrons. The number of amides is 1. The maximum atomic E-state index is 11.6. The van der Waals surface area contributed by atoms with Gasteiger partial charge in [-0.15, -0.1) is 0 Å². The summed E-state index contributed by atoms with van der Waals surface area (Å²) in [4.78, 5) is 13.6. The summed E-state index contributed by atoms with van der Waals surface area (Å²) >= 11 is 0. The fourth-order valence-electron chi connectivity index (χ4n) is 2.56. The Morgan fingerprint density at radius 2 is 2.16 bits per heavy atom. The van der Waals surface area contributed by atoms with Crippen LogP contribution in [0.2, 0.25) is 0 Å². The van der Waals surface area contributed by atoms with E-state index in [0.717, 1.165) is 38.2 Å². The molecular formula is C15H22N2O2. The van der Waals surface area contributed by atoms with Crippen LogP contribution in [0, 0.1) is 0 Å². The number of nitrogens with zero attached hydrogens (tertiary/aromatic N) is 1. The van der Waals surface area contributed by atoms with Crippen LogP contribution in [0.3, 0.4) is 0 Å². The zero-order valence-electron chi connectivity index (χ0n) is 11.7. The zero-order valence-corrected chi connectivity index (χ0v) is 11.7. The quantitative estimate of drug-likeness (QED) is 0.893. The topological polar surface area (TPSA) is 41.6 Å². The fourth-order valence-corrected chi connectivity index (χ4v) is 2.56. The van der Waals surface area contributed by atoms with Gasteiger partial charge in [0.2, 0.25) is 5.91 Å². The van der Waals surface area contributed by atoms with E-state index in [1.54, 1.807) is 14.0 Å². The van der Waals surface area contributed by atoms with Gasteiger partial charge < -0.3 is 15.0 Å². The molecule has 1 heterocycles. The van der Waals surface area contributed by atoms with Gasteiger partial charge in [0.1, 0.15) is 5.75 Å². The molecule has 1 aromatic carbocycles. The molecule has 1 unspecified atom stereocenters. The molecule has 1 atom stereocenters. The van der Waals surface area contributed by atoms with Crippen LogP contribution in [-0.4, -0.2) is 43.6 Å². The van der Waals surface area contributed by atoms with E-state index in [9.17, 15) is 4.79 Å². The predicted octanol–water partition coefficient (Wildman–Crippen LogP) is 1.45. The van der Waals surface area contributed by atoms with Crippen molar-refractivity contribution in [3.05, 3.63) is 29.8 Å². The van der Waals surface area contributed by atoms with E-state index >= 15 is 0 Å². The van der Waals surface area contributed by atoms with E-state index in [2.05, 4.69) is 17.4 Å². The van der Waals surface area contributed by atoms with Crippen molar-refractivity contribution in [2.45, 2.75) is 25.8 Å². The number of ether oxygens (including phenoxy) is 1. The van der Waals surface area contributed by atoms with Crippen LogP contribution in [-0.2, 0) is 11.2 Å². The first-order chi connectivity index (χ1) is 9.20. The lowest BCUT2D eigenvalue weighted by Crippen LogP contribution is -2.53. The van der Waals surface area contributed by atoms with Gasteiger partial charge in [0.25, 0.3) is 0 Å². The highest BCUT2D eigenvalue weighted by molar-refractivity contribution is 5.73.